The van der Waals surface area contributed by atoms with Gasteiger partial charge in [0, 0.05) is 17.8 Å². The standard InChI is InChI=1S/C18H16F3N3OS/c1-12-11-15(16-3-2-10-26-16)23-24(12)9-8-22-17(25)13-4-6-14(7-5-13)18(19,20)21/h2-7,10-11H,8-9H2,1H3,(H,22,25). The van der Waals surface area contributed by atoms with E-state index in [9.17, 15) is 18.0 Å². The summed E-state index contributed by atoms with van der Waals surface area (Å²) in [7, 11) is 0. The first kappa shape index (κ1) is 18.2. The maximum atomic E-state index is 12.5. The van der Waals surface area contributed by atoms with Crippen molar-refractivity contribution in [3.05, 3.63) is 64.7 Å². The Balaban J connectivity index is 1.57. The molecule has 1 amide bonds. The van der Waals surface area contributed by atoms with E-state index >= 15 is 0 Å². The van der Waals surface area contributed by atoms with Gasteiger partial charge in [-0.05, 0) is 48.7 Å². The predicted octanol–water partition coefficient (Wildman–Crippen LogP) is 4.37. The number of carbonyl (C=O) groups excluding carboxylic acids is 1. The molecule has 2 aromatic heterocycles. The lowest BCUT2D eigenvalue weighted by molar-refractivity contribution is -0.137. The van der Waals surface area contributed by atoms with Gasteiger partial charge in [0.1, 0.15) is 5.69 Å². The van der Waals surface area contributed by atoms with Gasteiger partial charge in [0.05, 0.1) is 17.0 Å². The van der Waals surface area contributed by atoms with Crippen LogP contribution in [0.2, 0.25) is 0 Å². The summed E-state index contributed by atoms with van der Waals surface area (Å²) in [4.78, 5) is 13.1. The average molecular weight is 379 g/mol. The Morgan fingerprint density at radius 1 is 1.23 bits per heavy atom. The van der Waals surface area contributed by atoms with Crippen LogP contribution in [-0.2, 0) is 12.7 Å². The fourth-order valence-corrected chi connectivity index (χ4v) is 3.15. The number of thiophene rings is 1. The minimum Gasteiger partial charge on any atom is -0.350 e. The van der Waals surface area contributed by atoms with Crippen LogP contribution in [0.25, 0.3) is 10.6 Å². The zero-order chi connectivity index (χ0) is 18.7. The van der Waals surface area contributed by atoms with Crippen LogP contribution in [0.15, 0.2) is 47.8 Å². The van der Waals surface area contributed by atoms with Gasteiger partial charge in [-0.15, -0.1) is 11.3 Å². The topological polar surface area (TPSA) is 46.9 Å². The molecule has 2 heterocycles. The lowest BCUT2D eigenvalue weighted by Gasteiger charge is -2.09. The summed E-state index contributed by atoms with van der Waals surface area (Å²) in [5.74, 6) is -0.415. The van der Waals surface area contributed by atoms with Gasteiger partial charge in [0.2, 0.25) is 0 Å². The first-order valence-electron chi connectivity index (χ1n) is 7.88. The van der Waals surface area contributed by atoms with Crippen molar-refractivity contribution in [2.24, 2.45) is 0 Å². The quantitative estimate of drug-likeness (QED) is 0.716. The van der Waals surface area contributed by atoms with E-state index < -0.39 is 17.6 Å². The normalized spacial score (nSPS) is 11.5. The van der Waals surface area contributed by atoms with E-state index in [0.717, 1.165) is 28.4 Å². The minimum absolute atomic E-state index is 0.189. The molecule has 3 aromatic rings. The molecular weight excluding hydrogens is 363 g/mol. The number of benzene rings is 1. The smallest absolute Gasteiger partial charge is 0.350 e. The van der Waals surface area contributed by atoms with E-state index in [1.165, 1.54) is 12.1 Å². The summed E-state index contributed by atoms with van der Waals surface area (Å²) in [6, 6.07) is 10.1. The Kier molecular flexibility index (Phi) is 5.13. The zero-order valence-corrected chi connectivity index (χ0v) is 14.7. The van der Waals surface area contributed by atoms with Crippen molar-refractivity contribution in [3.63, 3.8) is 0 Å². The molecule has 0 saturated carbocycles. The Morgan fingerprint density at radius 2 is 1.96 bits per heavy atom. The molecule has 0 saturated heterocycles. The molecule has 0 atom stereocenters. The third kappa shape index (κ3) is 4.13. The summed E-state index contributed by atoms with van der Waals surface area (Å²) < 4.78 is 39.4. The van der Waals surface area contributed by atoms with Gasteiger partial charge >= 0.3 is 6.18 Å². The average Bonchev–Trinajstić information content (AvgIpc) is 3.24. The van der Waals surface area contributed by atoms with Gasteiger partial charge in [-0.2, -0.15) is 18.3 Å². The van der Waals surface area contributed by atoms with Crippen molar-refractivity contribution in [2.45, 2.75) is 19.6 Å². The fraction of sp³-hybridized carbons (Fsp3) is 0.222. The van der Waals surface area contributed by atoms with Crippen LogP contribution in [-0.4, -0.2) is 22.2 Å². The monoisotopic (exact) mass is 379 g/mol. The summed E-state index contributed by atoms with van der Waals surface area (Å²) in [5.41, 5.74) is 1.26. The molecule has 0 bridgehead atoms. The van der Waals surface area contributed by atoms with Gasteiger partial charge in [-0.25, -0.2) is 0 Å². The molecule has 4 nitrogen and oxygen atoms in total. The molecule has 136 valence electrons. The molecule has 0 spiro atoms. The zero-order valence-electron chi connectivity index (χ0n) is 13.9. The summed E-state index contributed by atoms with van der Waals surface area (Å²) in [6.45, 7) is 2.73. The van der Waals surface area contributed by atoms with Crippen molar-refractivity contribution < 1.29 is 18.0 Å². The summed E-state index contributed by atoms with van der Waals surface area (Å²) >= 11 is 1.60. The highest BCUT2D eigenvalue weighted by Crippen LogP contribution is 2.29. The number of alkyl halides is 3. The summed E-state index contributed by atoms with van der Waals surface area (Å²) in [5, 5.41) is 9.19. The highest BCUT2D eigenvalue weighted by Gasteiger charge is 2.30. The highest BCUT2D eigenvalue weighted by molar-refractivity contribution is 7.13. The number of aryl methyl sites for hydroxylation is 1. The van der Waals surface area contributed by atoms with Gasteiger partial charge in [0.25, 0.3) is 5.91 Å². The Bertz CT molecular complexity index is 884. The van der Waals surface area contributed by atoms with Crippen LogP contribution in [0.1, 0.15) is 21.6 Å². The predicted molar refractivity (Wildman–Crippen MR) is 94.1 cm³/mol. The van der Waals surface area contributed by atoms with Crippen molar-refractivity contribution in [2.75, 3.05) is 6.54 Å². The van der Waals surface area contributed by atoms with Crippen LogP contribution in [0.5, 0.6) is 0 Å². The number of nitrogens with zero attached hydrogens (tertiary/aromatic N) is 2. The number of hydrogen-bond acceptors (Lipinski definition) is 3. The maximum absolute atomic E-state index is 12.5. The second-order valence-electron chi connectivity index (χ2n) is 5.70. The molecule has 0 radical (unpaired) electrons. The largest absolute Gasteiger partial charge is 0.416 e. The molecule has 8 heteroatoms. The Labute approximate surface area is 152 Å². The second kappa shape index (κ2) is 7.33. The number of halogens is 3. The SMILES string of the molecule is Cc1cc(-c2cccs2)nn1CCNC(=O)c1ccc(C(F)(F)F)cc1. The van der Waals surface area contributed by atoms with Crippen LogP contribution >= 0.6 is 11.3 Å². The third-order valence-corrected chi connectivity index (χ3v) is 4.73. The van der Waals surface area contributed by atoms with E-state index in [4.69, 9.17) is 0 Å². The summed E-state index contributed by atoms with van der Waals surface area (Å²) in [6.07, 6.45) is -4.41. The molecule has 0 aliphatic heterocycles. The van der Waals surface area contributed by atoms with Gasteiger partial charge in [-0.3, -0.25) is 9.48 Å². The van der Waals surface area contributed by atoms with E-state index in [1.54, 1.807) is 16.0 Å². The molecule has 0 fully saturated rings. The number of nitrogens with one attached hydrogen (secondary N) is 1. The molecular formula is C18H16F3N3OS. The number of rotatable bonds is 5. The second-order valence-corrected chi connectivity index (χ2v) is 6.65. The maximum Gasteiger partial charge on any atom is 0.416 e. The fourth-order valence-electron chi connectivity index (χ4n) is 2.47. The first-order chi connectivity index (χ1) is 12.3. The van der Waals surface area contributed by atoms with Crippen LogP contribution in [0.4, 0.5) is 13.2 Å². The van der Waals surface area contributed by atoms with Gasteiger partial charge < -0.3 is 5.32 Å². The molecule has 26 heavy (non-hydrogen) atoms. The van der Waals surface area contributed by atoms with Gasteiger partial charge in [0.15, 0.2) is 0 Å². The minimum atomic E-state index is -4.41. The van der Waals surface area contributed by atoms with E-state index in [-0.39, 0.29) is 5.56 Å². The van der Waals surface area contributed by atoms with Gasteiger partial charge in [-0.1, -0.05) is 6.07 Å². The lowest BCUT2D eigenvalue weighted by Crippen LogP contribution is -2.27. The molecule has 1 aromatic carbocycles. The van der Waals surface area contributed by atoms with Crippen LogP contribution in [0, 0.1) is 6.92 Å². The number of aromatic nitrogens is 2. The number of carbonyl (C=O) groups is 1. The molecule has 0 aliphatic rings. The number of amides is 1. The molecule has 0 aliphatic carbocycles. The molecule has 1 N–H and O–H groups in total. The van der Waals surface area contributed by atoms with Crippen LogP contribution < -0.4 is 5.32 Å². The third-order valence-electron chi connectivity index (χ3n) is 3.84. The van der Waals surface area contributed by atoms with Crippen molar-refractivity contribution >= 4 is 17.2 Å². The van der Waals surface area contributed by atoms with E-state index in [2.05, 4.69) is 10.4 Å². The van der Waals surface area contributed by atoms with Crippen LogP contribution in [0.3, 0.4) is 0 Å². The Morgan fingerprint density at radius 3 is 2.58 bits per heavy atom. The lowest BCUT2D eigenvalue weighted by atomic mass is 10.1. The molecule has 3 rings (SSSR count). The van der Waals surface area contributed by atoms with Crippen molar-refractivity contribution in [3.8, 4) is 10.6 Å². The Hall–Kier alpha value is -2.61. The van der Waals surface area contributed by atoms with E-state index in [0.29, 0.717) is 13.1 Å². The van der Waals surface area contributed by atoms with Crippen molar-refractivity contribution in [1.29, 1.82) is 0 Å². The van der Waals surface area contributed by atoms with E-state index in [1.807, 2.05) is 30.5 Å². The van der Waals surface area contributed by atoms with Crippen molar-refractivity contribution in [1.82, 2.24) is 15.1 Å². The first-order valence-corrected chi connectivity index (χ1v) is 8.76. The highest BCUT2D eigenvalue weighted by atomic mass is 32.1. The number of hydrogen-bond donors (Lipinski definition) is 1. The molecule has 0 unspecified atom stereocenters.